The Morgan fingerprint density at radius 3 is 2.42 bits per heavy atom. The topological polar surface area (TPSA) is 54.5 Å². The Bertz CT molecular complexity index is 879. The minimum Gasteiger partial charge on any atom is -0.306 e. The van der Waals surface area contributed by atoms with Gasteiger partial charge < -0.3 is 4.57 Å². The van der Waals surface area contributed by atoms with Crippen molar-refractivity contribution in [2.75, 3.05) is 0 Å². The third-order valence-corrected chi connectivity index (χ3v) is 5.32. The van der Waals surface area contributed by atoms with E-state index in [4.69, 9.17) is 0 Å². The van der Waals surface area contributed by atoms with Crippen LogP contribution in [-0.4, -0.2) is 20.0 Å². The summed E-state index contributed by atoms with van der Waals surface area (Å²) < 4.78 is 2.11. The van der Waals surface area contributed by atoms with Gasteiger partial charge >= 0.3 is 0 Å². The highest BCUT2D eigenvalue weighted by molar-refractivity contribution is 8.00. The van der Waals surface area contributed by atoms with Crippen LogP contribution >= 0.6 is 11.8 Å². The highest BCUT2D eigenvalue weighted by Gasteiger charge is 2.18. The average molecular weight is 363 g/mol. The Hall–Kier alpha value is -2.58. The molecule has 1 aromatic heterocycles. The van der Waals surface area contributed by atoms with Gasteiger partial charge in [0, 0.05) is 13.0 Å². The number of benzene rings is 2. The van der Waals surface area contributed by atoms with Crippen LogP contribution in [0.1, 0.15) is 29.4 Å². The van der Waals surface area contributed by atoms with Gasteiger partial charge in [-0.25, -0.2) is 0 Å². The summed E-state index contributed by atoms with van der Waals surface area (Å²) in [6, 6.07) is 21.0. The van der Waals surface area contributed by atoms with Crippen LogP contribution in [-0.2, 0) is 19.4 Å². The molecule has 26 heavy (non-hydrogen) atoms. The van der Waals surface area contributed by atoms with Gasteiger partial charge in [0.2, 0.25) is 0 Å². The third kappa shape index (κ3) is 4.53. The Labute approximate surface area is 158 Å². The molecule has 0 fully saturated rings. The first-order valence-corrected chi connectivity index (χ1v) is 9.65. The van der Waals surface area contributed by atoms with Gasteiger partial charge in [-0.1, -0.05) is 71.9 Å². The van der Waals surface area contributed by atoms with Gasteiger partial charge in [-0.3, -0.25) is 0 Å². The van der Waals surface area contributed by atoms with Crippen LogP contribution in [0.2, 0.25) is 0 Å². The Morgan fingerprint density at radius 1 is 1.04 bits per heavy atom. The number of hydrogen-bond acceptors (Lipinski definition) is 4. The second-order valence-electron chi connectivity index (χ2n) is 6.23. The lowest BCUT2D eigenvalue weighted by Gasteiger charge is -2.11. The number of aryl methyl sites for hydroxylation is 1. The van der Waals surface area contributed by atoms with E-state index in [0.29, 0.717) is 6.42 Å². The average Bonchev–Trinajstić information content (AvgIpc) is 3.05. The molecule has 0 amide bonds. The first-order valence-electron chi connectivity index (χ1n) is 8.77. The predicted octanol–water partition coefficient (Wildman–Crippen LogP) is 4.42. The minimum absolute atomic E-state index is 0.184. The summed E-state index contributed by atoms with van der Waals surface area (Å²) in [4.78, 5) is 0. The van der Waals surface area contributed by atoms with Crippen molar-refractivity contribution in [2.24, 2.45) is 0 Å². The zero-order valence-electron chi connectivity index (χ0n) is 15.1. The van der Waals surface area contributed by atoms with Gasteiger partial charge in [-0.15, -0.1) is 10.2 Å². The van der Waals surface area contributed by atoms with Crippen LogP contribution in [0.5, 0.6) is 0 Å². The van der Waals surface area contributed by atoms with E-state index >= 15 is 0 Å². The third-order valence-electron chi connectivity index (χ3n) is 4.25. The highest BCUT2D eigenvalue weighted by Crippen LogP contribution is 2.25. The van der Waals surface area contributed by atoms with Gasteiger partial charge in [-0.2, -0.15) is 5.26 Å². The molecule has 0 N–H and O–H groups in total. The van der Waals surface area contributed by atoms with Crippen molar-refractivity contribution >= 4 is 11.8 Å². The number of rotatable bonds is 7. The predicted molar refractivity (Wildman–Crippen MR) is 105 cm³/mol. The van der Waals surface area contributed by atoms with Crippen LogP contribution in [0.3, 0.4) is 0 Å². The molecule has 0 bridgehead atoms. The summed E-state index contributed by atoms with van der Waals surface area (Å²) in [6.07, 6.45) is 1.45. The first-order chi connectivity index (χ1) is 12.7. The van der Waals surface area contributed by atoms with E-state index < -0.39 is 0 Å². The van der Waals surface area contributed by atoms with E-state index in [0.717, 1.165) is 23.9 Å². The summed E-state index contributed by atoms with van der Waals surface area (Å²) in [7, 11) is 0. The fourth-order valence-electron chi connectivity index (χ4n) is 2.81. The zero-order chi connectivity index (χ0) is 18.4. The van der Waals surface area contributed by atoms with Crippen LogP contribution in [0.25, 0.3) is 0 Å². The smallest absolute Gasteiger partial charge is 0.192 e. The Morgan fingerprint density at radius 2 is 1.77 bits per heavy atom. The summed E-state index contributed by atoms with van der Waals surface area (Å²) in [6.45, 7) is 4.95. The minimum atomic E-state index is -0.184. The maximum Gasteiger partial charge on any atom is 0.192 e. The zero-order valence-corrected chi connectivity index (χ0v) is 15.9. The molecular formula is C21H22N4S. The Balaban J connectivity index is 1.74. The van der Waals surface area contributed by atoms with Crippen LogP contribution < -0.4 is 0 Å². The number of hydrogen-bond donors (Lipinski definition) is 0. The van der Waals surface area contributed by atoms with Crippen LogP contribution in [0.15, 0.2) is 59.8 Å². The SMILES string of the molecule is CCn1c(Cc2ccccc2)nnc1S[C@@H](C#N)Cc1ccc(C)cc1. The molecule has 0 aliphatic carbocycles. The molecule has 0 aliphatic rings. The van der Waals surface area contributed by atoms with E-state index in [1.807, 2.05) is 18.2 Å². The van der Waals surface area contributed by atoms with Gasteiger partial charge in [0.05, 0.1) is 6.07 Å². The molecule has 2 aromatic carbocycles. The summed E-state index contributed by atoms with van der Waals surface area (Å²) >= 11 is 1.50. The van der Waals surface area contributed by atoms with Crippen molar-refractivity contribution in [1.29, 1.82) is 5.26 Å². The van der Waals surface area contributed by atoms with Gasteiger partial charge in [0.15, 0.2) is 5.16 Å². The molecule has 1 atom stereocenters. The number of nitrogens with zero attached hydrogens (tertiary/aromatic N) is 4. The number of aromatic nitrogens is 3. The normalized spacial score (nSPS) is 11.9. The molecular weight excluding hydrogens is 340 g/mol. The lowest BCUT2D eigenvalue weighted by molar-refractivity contribution is 0.650. The molecule has 0 aliphatic heterocycles. The molecule has 5 heteroatoms. The van der Waals surface area contributed by atoms with Crippen molar-refractivity contribution in [3.05, 3.63) is 77.1 Å². The quantitative estimate of drug-likeness (QED) is 0.584. The lowest BCUT2D eigenvalue weighted by Crippen LogP contribution is -2.08. The van der Waals surface area contributed by atoms with E-state index in [1.54, 1.807) is 0 Å². The summed E-state index contributed by atoms with van der Waals surface area (Å²) in [5.41, 5.74) is 3.61. The molecule has 3 aromatic rings. The second kappa shape index (κ2) is 8.68. The molecule has 4 nitrogen and oxygen atoms in total. The fraction of sp³-hybridized carbons (Fsp3) is 0.286. The van der Waals surface area contributed by atoms with Gasteiger partial charge in [-0.05, 0) is 31.4 Å². The van der Waals surface area contributed by atoms with Crippen molar-refractivity contribution in [1.82, 2.24) is 14.8 Å². The molecule has 132 valence electrons. The molecule has 1 heterocycles. The number of nitriles is 1. The first kappa shape index (κ1) is 18.2. The van der Waals surface area contributed by atoms with E-state index in [-0.39, 0.29) is 5.25 Å². The maximum atomic E-state index is 9.58. The van der Waals surface area contributed by atoms with Gasteiger partial charge in [0.25, 0.3) is 0 Å². The van der Waals surface area contributed by atoms with Crippen molar-refractivity contribution in [3.63, 3.8) is 0 Å². The van der Waals surface area contributed by atoms with Crippen LogP contribution in [0, 0.1) is 18.3 Å². The van der Waals surface area contributed by atoms with Crippen molar-refractivity contribution in [2.45, 2.75) is 43.6 Å². The van der Waals surface area contributed by atoms with Crippen LogP contribution in [0.4, 0.5) is 0 Å². The largest absolute Gasteiger partial charge is 0.306 e. The maximum absolute atomic E-state index is 9.58. The lowest BCUT2D eigenvalue weighted by atomic mass is 10.1. The van der Waals surface area contributed by atoms with E-state index in [2.05, 4.69) is 71.1 Å². The molecule has 0 unspecified atom stereocenters. The summed E-state index contributed by atoms with van der Waals surface area (Å²) in [5, 5.41) is 18.9. The van der Waals surface area contributed by atoms with E-state index in [1.165, 1.54) is 28.5 Å². The molecule has 0 saturated carbocycles. The van der Waals surface area contributed by atoms with E-state index in [9.17, 15) is 5.26 Å². The molecule has 3 rings (SSSR count). The summed E-state index contributed by atoms with van der Waals surface area (Å²) in [5.74, 6) is 0.938. The second-order valence-corrected chi connectivity index (χ2v) is 7.40. The number of thioether (sulfide) groups is 1. The van der Waals surface area contributed by atoms with Crippen molar-refractivity contribution < 1.29 is 0 Å². The fourth-order valence-corrected chi connectivity index (χ4v) is 3.84. The Kier molecular flexibility index (Phi) is 6.08. The van der Waals surface area contributed by atoms with Crippen molar-refractivity contribution in [3.8, 4) is 6.07 Å². The molecule has 0 saturated heterocycles. The molecule has 0 spiro atoms. The standard InChI is InChI=1S/C21H22N4S/c1-3-25-20(14-17-7-5-4-6-8-17)23-24-21(25)26-19(15-22)13-18-11-9-16(2)10-12-18/h4-12,19H,3,13-14H2,1-2H3/t19-/m1/s1. The monoisotopic (exact) mass is 362 g/mol. The highest BCUT2D eigenvalue weighted by atomic mass is 32.2. The van der Waals surface area contributed by atoms with Gasteiger partial charge in [0.1, 0.15) is 11.1 Å². The molecule has 0 radical (unpaired) electrons.